The van der Waals surface area contributed by atoms with Crippen molar-refractivity contribution >= 4 is 5.78 Å². The van der Waals surface area contributed by atoms with Crippen molar-refractivity contribution in [3.05, 3.63) is 0 Å². The first-order valence-electron chi connectivity index (χ1n) is 6.33. The van der Waals surface area contributed by atoms with Gasteiger partial charge in [0.1, 0.15) is 5.78 Å². The average molecular weight is 227 g/mol. The van der Waals surface area contributed by atoms with Gasteiger partial charge in [-0.15, -0.1) is 0 Å². The van der Waals surface area contributed by atoms with Crippen LogP contribution in [0.5, 0.6) is 0 Å². The molecule has 1 rings (SSSR count). The summed E-state index contributed by atoms with van der Waals surface area (Å²) in [6.45, 7) is 9.94. The third-order valence-electron chi connectivity index (χ3n) is 3.61. The maximum absolute atomic E-state index is 11.7. The summed E-state index contributed by atoms with van der Waals surface area (Å²) in [7, 11) is 0. The fourth-order valence-corrected chi connectivity index (χ4v) is 2.16. The van der Waals surface area contributed by atoms with Crippen LogP contribution in [0.15, 0.2) is 0 Å². The van der Waals surface area contributed by atoms with Crippen molar-refractivity contribution in [3.63, 3.8) is 0 Å². The summed E-state index contributed by atoms with van der Waals surface area (Å²) in [5, 5.41) is 10.3. The quantitative estimate of drug-likeness (QED) is 0.796. The summed E-state index contributed by atoms with van der Waals surface area (Å²) in [6.07, 6.45) is 1.78. The molecule has 0 unspecified atom stereocenters. The van der Waals surface area contributed by atoms with E-state index in [-0.39, 0.29) is 11.7 Å². The molecule has 1 aliphatic heterocycles. The highest BCUT2D eigenvalue weighted by Crippen LogP contribution is 2.27. The van der Waals surface area contributed by atoms with E-state index in [4.69, 9.17) is 0 Å². The number of carbonyl (C=O) groups is 1. The van der Waals surface area contributed by atoms with E-state index >= 15 is 0 Å². The fourth-order valence-electron chi connectivity index (χ4n) is 2.16. The van der Waals surface area contributed by atoms with Gasteiger partial charge in [-0.2, -0.15) is 0 Å². The number of likely N-dealkylation sites (tertiary alicyclic amines) is 1. The number of hydrogen-bond acceptors (Lipinski definition) is 3. The number of piperidine rings is 1. The average Bonchev–Trinajstić information content (AvgIpc) is 2.17. The van der Waals surface area contributed by atoms with Crippen LogP contribution in [0.4, 0.5) is 0 Å². The van der Waals surface area contributed by atoms with Crippen molar-refractivity contribution < 1.29 is 9.90 Å². The largest absolute Gasteiger partial charge is 0.389 e. The van der Waals surface area contributed by atoms with Crippen LogP contribution >= 0.6 is 0 Å². The Hall–Kier alpha value is -0.410. The Morgan fingerprint density at radius 3 is 2.12 bits per heavy atom. The summed E-state index contributed by atoms with van der Waals surface area (Å²) < 4.78 is 0. The second-order valence-corrected chi connectivity index (χ2v) is 5.65. The Kier molecular flexibility index (Phi) is 4.51. The lowest BCUT2D eigenvalue weighted by atomic mass is 9.84. The highest BCUT2D eigenvalue weighted by Gasteiger charge is 2.35. The van der Waals surface area contributed by atoms with E-state index < -0.39 is 5.60 Å². The molecule has 0 aliphatic carbocycles. The first-order valence-corrected chi connectivity index (χ1v) is 6.33. The minimum Gasteiger partial charge on any atom is -0.389 e. The standard InChI is InChI=1S/C13H25NO2/c1-10(2)12(15)9-13(16)5-7-14(8-6-13)11(3)4/h10-11,16H,5-9H2,1-4H3. The molecule has 1 saturated heterocycles. The van der Waals surface area contributed by atoms with Crippen LogP contribution in [0.2, 0.25) is 0 Å². The Bertz CT molecular complexity index is 240. The number of hydrogen-bond donors (Lipinski definition) is 1. The third kappa shape index (κ3) is 3.56. The first kappa shape index (κ1) is 13.7. The minimum atomic E-state index is -0.743. The zero-order valence-corrected chi connectivity index (χ0v) is 11.0. The topological polar surface area (TPSA) is 40.5 Å². The van der Waals surface area contributed by atoms with Crippen LogP contribution in [-0.4, -0.2) is 40.5 Å². The van der Waals surface area contributed by atoms with Crippen LogP contribution in [0.3, 0.4) is 0 Å². The number of carbonyl (C=O) groups excluding carboxylic acids is 1. The molecule has 16 heavy (non-hydrogen) atoms. The van der Waals surface area contributed by atoms with E-state index in [2.05, 4.69) is 18.7 Å². The Balaban J connectivity index is 2.47. The number of rotatable bonds is 4. The predicted octanol–water partition coefficient (Wildman–Crippen LogP) is 1.84. The third-order valence-corrected chi connectivity index (χ3v) is 3.61. The van der Waals surface area contributed by atoms with Crippen molar-refractivity contribution in [2.24, 2.45) is 5.92 Å². The van der Waals surface area contributed by atoms with E-state index in [1.165, 1.54) is 0 Å². The Labute approximate surface area is 98.8 Å². The van der Waals surface area contributed by atoms with Gasteiger partial charge in [0, 0.05) is 31.5 Å². The van der Waals surface area contributed by atoms with E-state index in [9.17, 15) is 9.90 Å². The monoisotopic (exact) mass is 227 g/mol. The normalized spacial score (nSPS) is 21.7. The van der Waals surface area contributed by atoms with Crippen LogP contribution in [-0.2, 0) is 4.79 Å². The summed E-state index contributed by atoms with van der Waals surface area (Å²) in [5.74, 6) is 0.215. The number of ketones is 1. The van der Waals surface area contributed by atoms with Gasteiger partial charge >= 0.3 is 0 Å². The molecule has 3 heteroatoms. The fraction of sp³-hybridized carbons (Fsp3) is 0.923. The van der Waals surface area contributed by atoms with E-state index in [1.54, 1.807) is 0 Å². The molecule has 1 aliphatic rings. The van der Waals surface area contributed by atoms with Gasteiger partial charge in [0.2, 0.25) is 0 Å². The highest BCUT2D eigenvalue weighted by molar-refractivity contribution is 5.81. The lowest BCUT2D eigenvalue weighted by Crippen LogP contribution is -2.48. The smallest absolute Gasteiger partial charge is 0.138 e. The van der Waals surface area contributed by atoms with Crippen molar-refractivity contribution in [3.8, 4) is 0 Å². The predicted molar refractivity (Wildman–Crippen MR) is 65.4 cm³/mol. The lowest BCUT2D eigenvalue weighted by Gasteiger charge is -2.40. The van der Waals surface area contributed by atoms with Gasteiger partial charge in [0.15, 0.2) is 0 Å². The molecule has 0 spiro atoms. The first-order chi connectivity index (χ1) is 7.34. The van der Waals surface area contributed by atoms with Gasteiger partial charge in [-0.25, -0.2) is 0 Å². The van der Waals surface area contributed by atoms with Crippen LogP contribution in [0.1, 0.15) is 47.0 Å². The molecule has 0 aromatic heterocycles. The van der Waals surface area contributed by atoms with Crippen LogP contribution < -0.4 is 0 Å². The maximum Gasteiger partial charge on any atom is 0.138 e. The molecule has 1 fully saturated rings. The molecule has 0 amide bonds. The van der Waals surface area contributed by atoms with Gasteiger partial charge in [0.25, 0.3) is 0 Å². The zero-order chi connectivity index (χ0) is 12.3. The zero-order valence-electron chi connectivity index (χ0n) is 11.0. The molecule has 0 aromatic rings. The van der Waals surface area contributed by atoms with Gasteiger partial charge in [-0.1, -0.05) is 13.8 Å². The van der Waals surface area contributed by atoms with E-state index in [0.717, 1.165) is 25.9 Å². The van der Waals surface area contributed by atoms with Gasteiger partial charge in [0.05, 0.1) is 5.60 Å². The molecule has 1 heterocycles. The SMILES string of the molecule is CC(C)C(=O)CC1(O)CCN(C(C)C)CC1. The van der Waals surface area contributed by atoms with Crippen molar-refractivity contribution in [1.82, 2.24) is 4.90 Å². The van der Waals surface area contributed by atoms with Gasteiger partial charge in [-0.05, 0) is 26.7 Å². The molecule has 0 saturated carbocycles. The molecule has 0 aromatic carbocycles. The second kappa shape index (κ2) is 5.28. The van der Waals surface area contributed by atoms with Gasteiger partial charge < -0.3 is 10.0 Å². The lowest BCUT2D eigenvalue weighted by molar-refractivity contribution is -0.129. The van der Waals surface area contributed by atoms with Gasteiger partial charge in [-0.3, -0.25) is 4.79 Å². The summed E-state index contributed by atoms with van der Waals surface area (Å²) in [4.78, 5) is 14.0. The molecule has 0 atom stereocenters. The summed E-state index contributed by atoms with van der Waals surface area (Å²) in [6, 6.07) is 0.533. The number of nitrogens with zero attached hydrogens (tertiary/aromatic N) is 1. The molecular formula is C13H25NO2. The molecular weight excluding hydrogens is 202 g/mol. The molecule has 1 N–H and O–H groups in total. The summed E-state index contributed by atoms with van der Waals surface area (Å²) in [5.41, 5.74) is -0.743. The van der Waals surface area contributed by atoms with Crippen LogP contribution in [0, 0.1) is 5.92 Å². The molecule has 0 bridgehead atoms. The maximum atomic E-state index is 11.7. The summed E-state index contributed by atoms with van der Waals surface area (Å²) >= 11 is 0. The molecule has 0 radical (unpaired) electrons. The Morgan fingerprint density at radius 2 is 1.75 bits per heavy atom. The van der Waals surface area contributed by atoms with Crippen LogP contribution in [0.25, 0.3) is 0 Å². The minimum absolute atomic E-state index is 0.0344. The second-order valence-electron chi connectivity index (χ2n) is 5.65. The molecule has 3 nitrogen and oxygen atoms in total. The molecule has 94 valence electrons. The number of Topliss-reactive ketones (excluding diaryl/α,β-unsaturated/α-hetero) is 1. The van der Waals surface area contributed by atoms with Crippen molar-refractivity contribution in [1.29, 1.82) is 0 Å². The highest BCUT2D eigenvalue weighted by atomic mass is 16.3. The van der Waals surface area contributed by atoms with E-state index in [1.807, 2.05) is 13.8 Å². The van der Waals surface area contributed by atoms with Crippen molar-refractivity contribution in [2.45, 2.75) is 58.6 Å². The number of aliphatic hydroxyl groups is 1. The van der Waals surface area contributed by atoms with E-state index in [0.29, 0.717) is 12.5 Å². The Morgan fingerprint density at radius 1 is 1.25 bits per heavy atom. The van der Waals surface area contributed by atoms with Crippen molar-refractivity contribution in [2.75, 3.05) is 13.1 Å².